The molecule has 0 spiro atoms. The van der Waals surface area contributed by atoms with Gasteiger partial charge in [0.25, 0.3) is 0 Å². The smallest absolute Gasteiger partial charge is 0.0937 e. The fourth-order valence-electron chi connectivity index (χ4n) is 1.32. The van der Waals surface area contributed by atoms with Gasteiger partial charge in [0.15, 0.2) is 0 Å². The van der Waals surface area contributed by atoms with Crippen LogP contribution in [0.5, 0.6) is 0 Å². The molecule has 3 heteroatoms. The topological polar surface area (TPSA) is 53.1 Å². The summed E-state index contributed by atoms with van der Waals surface area (Å²) in [4.78, 5) is 2.28. The van der Waals surface area contributed by atoms with E-state index in [0.717, 1.165) is 25.9 Å². The monoisotopic (exact) mass is 171 g/mol. The second-order valence-electron chi connectivity index (χ2n) is 3.03. The second-order valence-corrected chi connectivity index (χ2v) is 3.03. The van der Waals surface area contributed by atoms with Crippen LogP contribution in [0.4, 0.5) is 0 Å². The van der Waals surface area contributed by atoms with Crippen molar-refractivity contribution >= 4 is 5.84 Å². The Morgan fingerprint density at radius 1 is 1.33 bits per heavy atom. The van der Waals surface area contributed by atoms with Crippen molar-refractivity contribution in [2.75, 3.05) is 20.1 Å². The van der Waals surface area contributed by atoms with E-state index in [0.29, 0.717) is 11.8 Å². The van der Waals surface area contributed by atoms with Gasteiger partial charge in [-0.25, -0.2) is 0 Å². The molecule has 0 aromatic carbocycles. The van der Waals surface area contributed by atoms with Gasteiger partial charge in [0.05, 0.1) is 5.84 Å². The predicted octanol–water partition coefficient (Wildman–Crippen LogP) is 1.29. The molecule has 0 amide bonds. The van der Waals surface area contributed by atoms with Crippen molar-refractivity contribution in [1.82, 2.24) is 4.90 Å². The number of amidine groups is 1. The molecule has 0 unspecified atom stereocenters. The molecule has 1 aliphatic rings. The zero-order valence-corrected chi connectivity index (χ0v) is 8.43. The van der Waals surface area contributed by atoms with E-state index in [1.807, 2.05) is 13.8 Å². The molecule has 72 valence electrons. The lowest BCUT2D eigenvalue weighted by atomic mass is 9.96. The summed E-state index contributed by atoms with van der Waals surface area (Å²) in [6.45, 7) is 6.18. The molecule has 1 fully saturated rings. The quantitative estimate of drug-likeness (QED) is 0.461. The Hall–Kier alpha value is -0.570. The maximum atomic E-state index is 7.21. The van der Waals surface area contributed by atoms with E-state index in [-0.39, 0.29) is 0 Å². The summed E-state index contributed by atoms with van der Waals surface area (Å²) in [7, 11) is 2.11. The zero-order chi connectivity index (χ0) is 9.56. The van der Waals surface area contributed by atoms with Crippen LogP contribution < -0.4 is 5.73 Å². The third-order valence-corrected chi connectivity index (χ3v) is 2.16. The third kappa shape index (κ3) is 3.72. The number of likely N-dealkylation sites (tertiary alicyclic amines) is 1. The lowest BCUT2D eigenvalue weighted by Gasteiger charge is -2.27. The van der Waals surface area contributed by atoms with E-state index in [1.54, 1.807) is 0 Å². The first-order valence-corrected chi connectivity index (χ1v) is 4.72. The molecule has 3 N–H and O–H groups in total. The van der Waals surface area contributed by atoms with Gasteiger partial charge in [0, 0.05) is 5.92 Å². The minimum absolute atomic E-state index is 0.358. The highest BCUT2D eigenvalue weighted by Crippen LogP contribution is 2.14. The Kier molecular flexibility index (Phi) is 5.72. The van der Waals surface area contributed by atoms with Gasteiger partial charge in [-0.05, 0) is 33.0 Å². The van der Waals surface area contributed by atoms with Crippen LogP contribution >= 0.6 is 0 Å². The molecule has 0 bridgehead atoms. The number of nitrogens with one attached hydrogen (secondary N) is 1. The molecule has 0 saturated carbocycles. The van der Waals surface area contributed by atoms with Crippen molar-refractivity contribution in [1.29, 1.82) is 5.41 Å². The van der Waals surface area contributed by atoms with E-state index in [1.165, 1.54) is 0 Å². The Bertz CT molecular complexity index is 126. The van der Waals surface area contributed by atoms with Crippen LogP contribution in [-0.2, 0) is 0 Å². The van der Waals surface area contributed by atoms with Gasteiger partial charge in [-0.3, -0.25) is 5.41 Å². The SMILES string of the molecule is CC.CN1CCC(C(=N)N)CC1. The predicted molar refractivity (Wildman–Crippen MR) is 53.5 cm³/mol. The van der Waals surface area contributed by atoms with Gasteiger partial charge >= 0.3 is 0 Å². The van der Waals surface area contributed by atoms with Crippen LogP contribution in [0.3, 0.4) is 0 Å². The molecule has 0 atom stereocenters. The Balaban J connectivity index is 0.000000561. The molecule has 0 aliphatic carbocycles. The van der Waals surface area contributed by atoms with Crippen LogP contribution in [0.15, 0.2) is 0 Å². The van der Waals surface area contributed by atoms with Crippen molar-refractivity contribution in [3.05, 3.63) is 0 Å². The van der Waals surface area contributed by atoms with Gasteiger partial charge in [-0.1, -0.05) is 13.8 Å². The number of rotatable bonds is 1. The second kappa shape index (κ2) is 6.00. The van der Waals surface area contributed by atoms with Crippen molar-refractivity contribution in [2.24, 2.45) is 11.7 Å². The third-order valence-electron chi connectivity index (χ3n) is 2.16. The fourth-order valence-corrected chi connectivity index (χ4v) is 1.32. The molecule has 1 heterocycles. The minimum Gasteiger partial charge on any atom is -0.387 e. The highest BCUT2D eigenvalue weighted by molar-refractivity contribution is 5.79. The van der Waals surface area contributed by atoms with Gasteiger partial charge in [-0.15, -0.1) is 0 Å². The Labute approximate surface area is 75.4 Å². The van der Waals surface area contributed by atoms with E-state index < -0.39 is 0 Å². The van der Waals surface area contributed by atoms with E-state index in [2.05, 4.69) is 11.9 Å². The number of piperidine rings is 1. The summed E-state index contributed by atoms with van der Waals surface area (Å²) in [5, 5.41) is 7.21. The normalized spacial score (nSPS) is 19.6. The van der Waals surface area contributed by atoms with Crippen LogP contribution in [0, 0.1) is 11.3 Å². The van der Waals surface area contributed by atoms with Crippen molar-refractivity contribution in [3.63, 3.8) is 0 Å². The minimum atomic E-state index is 0.358. The number of nitrogens with zero attached hydrogens (tertiary/aromatic N) is 1. The van der Waals surface area contributed by atoms with Crippen molar-refractivity contribution < 1.29 is 0 Å². The lowest BCUT2D eigenvalue weighted by molar-refractivity contribution is 0.251. The molecule has 12 heavy (non-hydrogen) atoms. The van der Waals surface area contributed by atoms with E-state index >= 15 is 0 Å². The Morgan fingerprint density at radius 3 is 2.08 bits per heavy atom. The summed E-state index contributed by atoms with van der Waals surface area (Å²) >= 11 is 0. The summed E-state index contributed by atoms with van der Waals surface area (Å²) in [5.41, 5.74) is 5.38. The van der Waals surface area contributed by atoms with Crippen molar-refractivity contribution in [3.8, 4) is 0 Å². The molecule has 3 nitrogen and oxygen atoms in total. The lowest BCUT2D eigenvalue weighted by Crippen LogP contribution is -2.35. The molecular formula is C9H21N3. The highest BCUT2D eigenvalue weighted by Gasteiger charge is 2.18. The summed E-state index contributed by atoms with van der Waals surface area (Å²) < 4.78 is 0. The summed E-state index contributed by atoms with van der Waals surface area (Å²) in [6.07, 6.45) is 2.12. The molecule has 1 saturated heterocycles. The maximum absolute atomic E-state index is 7.21. The largest absolute Gasteiger partial charge is 0.387 e. The number of hydrogen-bond acceptors (Lipinski definition) is 2. The van der Waals surface area contributed by atoms with Gasteiger partial charge in [0.1, 0.15) is 0 Å². The Morgan fingerprint density at radius 2 is 1.75 bits per heavy atom. The maximum Gasteiger partial charge on any atom is 0.0937 e. The summed E-state index contributed by atoms with van der Waals surface area (Å²) in [5.74, 6) is 0.726. The molecular weight excluding hydrogens is 150 g/mol. The average Bonchev–Trinajstić information content (AvgIpc) is 2.09. The van der Waals surface area contributed by atoms with Crippen LogP contribution in [0.25, 0.3) is 0 Å². The molecule has 0 aromatic heterocycles. The van der Waals surface area contributed by atoms with E-state index in [9.17, 15) is 0 Å². The average molecular weight is 171 g/mol. The molecule has 0 radical (unpaired) electrons. The molecule has 1 aliphatic heterocycles. The first-order chi connectivity index (χ1) is 5.70. The molecule has 1 rings (SSSR count). The van der Waals surface area contributed by atoms with Crippen LogP contribution in [0.2, 0.25) is 0 Å². The van der Waals surface area contributed by atoms with E-state index in [4.69, 9.17) is 11.1 Å². The highest BCUT2D eigenvalue weighted by atomic mass is 15.1. The number of nitrogens with two attached hydrogens (primary N) is 1. The van der Waals surface area contributed by atoms with Crippen molar-refractivity contribution in [2.45, 2.75) is 26.7 Å². The number of hydrogen-bond donors (Lipinski definition) is 2. The zero-order valence-electron chi connectivity index (χ0n) is 8.43. The standard InChI is InChI=1S/C7H15N3.C2H6/c1-10-4-2-6(3-5-10)7(8)9;1-2/h6H,2-5H2,1H3,(H3,8,9);1-2H3. The van der Waals surface area contributed by atoms with Crippen LogP contribution in [0.1, 0.15) is 26.7 Å². The molecule has 0 aromatic rings. The van der Waals surface area contributed by atoms with Gasteiger partial charge in [-0.2, -0.15) is 0 Å². The fraction of sp³-hybridized carbons (Fsp3) is 0.889. The van der Waals surface area contributed by atoms with Crippen LogP contribution in [-0.4, -0.2) is 30.9 Å². The van der Waals surface area contributed by atoms with Gasteiger partial charge < -0.3 is 10.6 Å². The van der Waals surface area contributed by atoms with Gasteiger partial charge in [0.2, 0.25) is 0 Å². The first kappa shape index (κ1) is 11.4. The first-order valence-electron chi connectivity index (χ1n) is 4.72. The summed E-state index contributed by atoms with van der Waals surface area (Å²) in [6, 6.07) is 0.